The van der Waals surface area contributed by atoms with Gasteiger partial charge in [0.2, 0.25) is 0 Å². The van der Waals surface area contributed by atoms with Gasteiger partial charge in [-0.2, -0.15) is 0 Å². The second-order valence-electron chi connectivity index (χ2n) is 5.05. The number of halogens is 1. The lowest BCUT2D eigenvalue weighted by atomic mass is 9.97. The summed E-state index contributed by atoms with van der Waals surface area (Å²) in [6.07, 6.45) is 5.18. The number of hydrogen-bond acceptors (Lipinski definition) is 1. The van der Waals surface area contributed by atoms with E-state index < -0.39 is 0 Å². The summed E-state index contributed by atoms with van der Waals surface area (Å²) in [6.45, 7) is 0. The number of para-hydroxylation sites is 2. The number of rotatable bonds is 3. The van der Waals surface area contributed by atoms with Gasteiger partial charge in [0.1, 0.15) is 11.5 Å². The molecule has 0 N–H and O–H groups in total. The van der Waals surface area contributed by atoms with Gasteiger partial charge in [-0.15, -0.1) is 0 Å². The molecular weight excluding hydrogens is 256 g/mol. The molecule has 19 heavy (non-hydrogen) atoms. The maximum absolute atomic E-state index is 6.16. The van der Waals surface area contributed by atoms with E-state index in [1.54, 1.807) is 0 Å². The molecule has 0 aromatic heterocycles. The summed E-state index contributed by atoms with van der Waals surface area (Å²) in [5.74, 6) is 2.32. The van der Waals surface area contributed by atoms with Crippen LogP contribution in [0.4, 0.5) is 0 Å². The first-order valence-corrected chi connectivity index (χ1v) is 7.24. The second-order valence-corrected chi connectivity index (χ2v) is 5.46. The first kappa shape index (κ1) is 12.6. The molecule has 1 aliphatic carbocycles. The Morgan fingerprint density at radius 2 is 1.47 bits per heavy atom. The first-order chi connectivity index (χ1) is 9.34. The van der Waals surface area contributed by atoms with Crippen LogP contribution < -0.4 is 4.74 Å². The van der Waals surface area contributed by atoms with Crippen LogP contribution in [0.15, 0.2) is 48.5 Å². The van der Waals surface area contributed by atoms with Crippen LogP contribution in [0.2, 0.25) is 5.02 Å². The molecule has 2 aromatic carbocycles. The molecule has 2 heteroatoms. The molecule has 0 saturated heterocycles. The van der Waals surface area contributed by atoms with Gasteiger partial charge in [0.05, 0.1) is 5.02 Å². The molecule has 1 nitrogen and oxygen atoms in total. The molecule has 3 rings (SSSR count). The van der Waals surface area contributed by atoms with Crippen molar-refractivity contribution in [2.45, 2.75) is 31.6 Å². The number of hydrogen-bond donors (Lipinski definition) is 0. The minimum Gasteiger partial charge on any atom is -0.456 e. The van der Waals surface area contributed by atoms with Crippen molar-refractivity contribution in [2.75, 3.05) is 0 Å². The average molecular weight is 273 g/mol. The molecule has 0 spiro atoms. The maximum Gasteiger partial charge on any atom is 0.146 e. The molecule has 0 amide bonds. The molecule has 98 valence electrons. The summed E-state index contributed by atoms with van der Waals surface area (Å²) in [7, 11) is 0. The second kappa shape index (κ2) is 5.66. The third-order valence-electron chi connectivity index (χ3n) is 3.77. The molecule has 0 atom stereocenters. The molecule has 0 unspecified atom stereocenters. The van der Waals surface area contributed by atoms with Crippen molar-refractivity contribution in [3.05, 3.63) is 59.1 Å². The van der Waals surface area contributed by atoms with Gasteiger partial charge in [0.25, 0.3) is 0 Å². The lowest BCUT2D eigenvalue weighted by Crippen LogP contribution is -1.96. The van der Waals surface area contributed by atoms with Crippen molar-refractivity contribution in [3.63, 3.8) is 0 Å². The van der Waals surface area contributed by atoms with Crippen molar-refractivity contribution in [1.29, 1.82) is 0 Å². The minimum atomic E-state index is 0.638. The Hall–Kier alpha value is -1.47. The lowest BCUT2D eigenvalue weighted by molar-refractivity contribution is 0.470. The fraction of sp³-hybridized carbons (Fsp3) is 0.294. The van der Waals surface area contributed by atoms with Crippen LogP contribution in [0.25, 0.3) is 0 Å². The highest BCUT2D eigenvalue weighted by atomic mass is 35.5. The summed E-state index contributed by atoms with van der Waals surface area (Å²) in [5.41, 5.74) is 1.32. The predicted molar refractivity (Wildman–Crippen MR) is 79.2 cm³/mol. The van der Waals surface area contributed by atoms with Crippen molar-refractivity contribution in [1.82, 2.24) is 0 Å². The molecule has 1 saturated carbocycles. The maximum atomic E-state index is 6.16. The van der Waals surface area contributed by atoms with Crippen LogP contribution >= 0.6 is 11.6 Å². The minimum absolute atomic E-state index is 0.638. The van der Waals surface area contributed by atoms with E-state index in [1.807, 2.05) is 36.4 Å². The monoisotopic (exact) mass is 272 g/mol. The van der Waals surface area contributed by atoms with E-state index in [9.17, 15) is 0 Å². The Bertz CT molecular complexity index is 559. The van der Waals surface area contributed by atoms with Gasteiger partial charge in [-0.1, -0.05) is 54.8 Å². The van der Waals surface area contributed by atoms with Gasteiger partial charge in [-0.05, 0) is 42.5 Å². The Morgan fingerprint density at radius 3 is 2.21 bits per heavy atom. The molecular formula is C17H17ClO. The zero-order chi connectivity index (χ0) is 13.1. The predicted octanol–water partition coefficient (Wildman–Crippen LogP) is 5.79. The Balaban J connectivity index is 1.90. The lowest BCUT2D eigenvalue weighted by Gasteiger charge is -2.16. The van der Waals surface area contributed by atoms with Gasteiger partial charge in [0.15, 0.2) is 0 Å². The van der Waals surface area contributed by atoms with Crippen molar-refractivity contribution in [3.8, 4) is 11.5 Å². The van der Waals surface area contributed by atoms with E-state index in [0.29, 0.717) is 10.9 Å². The van der Waals surface area contributed by atoms with E-state index in [4.69, 9.17) is 16.3 Å². The highest BCUT2D eigenvalue weighted by Crippen LogP contribution is 2.40. The van der Waals surface area contributed by atoms with Crippen LogP contribution in [0, 0.1) is 0 Å². The molecule has 1 aliphatic rings. The van der Waals surface area contributed by atoms with E-state index in [2.05, 4.69) is 12.1 Å². The van der Waals surface area contributed by atoms with E-state index in [-0.39, 0.29) is 0 Å². The van der Waals surface area contributed by atoms with Crippen LogP contribution in [-0.2, 0) is 0 Å². The summed E-state index contributed by atoms with van der Waals surface area (Å²) in [5, 5.41) is 0.656. The Morgan fingerprint density at radius 1 is 0.842 bits per heavy atom. The fourth-order valence-electron chi connectivity index (χ4n) is 2.79. The third-order valence-corrected chi connectivity index (χ3v) is 4.08. The number of benzene rings is 2. The molecule has 0 aliphatic heterocycles. The molecule has 1 fully saturated rings. The summed E-state index contributed by atoms with van der Waals surface area (Å²) < 4.78 is 6.02. The van der Waals surface area contributed by atoms with Crippen LogP contribution in [0.5, 0.6) is 11.5 Å². The van der Waals surface area contributed by atoms with E-state index in [1.165, 1.54) is 31.2 Å². The molecule has 0 bridgehead atoms. The molecule has 2 aromatic rings. The van der Waals surface area contributed by atoms with Gasteiger partial charge in [-0.3, -0.25) is 0 Å². The topological polar surface area (TPSA) is 9.23 Å². The summed E-state index contributed by atoms with van der Waals surface area (Å²) in [6, 6.07) is 16.0. The van der Waals surface area contributed by atoms with Gasteiger partial charge < -0.3 is 4.74 Å². The SMILES string of the molecule is Clc1ccccc1Oc1ccccc1C1CCCC1. The van der Waals surface area contributed by atoms with Crippen LogP contribution in [-0.4, -0.2) is 0 Å². The zero-order valence-electron chi connectivity index (χ0n) is 10.8. The standard InChI is InChI=1S/C17H17ClO/c18-15-10-4-6-12-17(15)19-16-11-5-3-9-14(16)13-7-1-2-8-13/h3-6,9-13H,1-2,7-8H2. The Labute approximate surface area is 119 Å². The number of ether oxygens (including phenoxy) is 1. The highest BCUT2D eigenvalue weighted by molar-refractivity contribution is 6.32. The third kappa shape index (κ3) is 2.76. The van der Waals surface area contributed by atoms with Crippen LogP contribution in [0.1, 0.15) is 37.2 Å². The van der Waals surface area contributed by atoms with E-state index >= 15 is 0 Å². The van der Waals surface area contributed by atoms with Crippen molar-refractivity contribution < 1.29 is 4.74 Å². The zero-order valence-corrected chi connectivity index (χ0v) is 11.6. The van der Waals surface area contributed by atoms with Crippen molar-refractivity contribution in [2.24, 2.45) is 0 Å². The van der Waals surface area contributed by atoms with Gasteiger partial charge >= 0.3 is 0 Å². The van der Waals surface area contributed by atoms with Crippen LogP contribution in [0.3, 0.4) is 0 Å². The highest BCUT2D eigenvalue weighted by Gasteiger charge is 2.20. The average Bonchev–Trinajstić information content (AvgIpc) is 2.96. The summed E-state index contributed by atoms with van der Waals surface area (Å²) in [4.78, 5) is 0. The normalized spacial score (nSPS) is 15.6. The van der Waals surface area contributed by atoms with E-state index in [0.717, 1.165) is 11.5 Å². The van der Waals surface area contributed by atoms with Crippen molar-refractivity contribution >= 4 is 11.6 Å². The van der Waals surface area contributed by atoms with Gasteiger partial charge in [-0.25, -0.2) is 0 Å². The Kier molecular flexibility index (Phi) is 3.74. The van der Waals surface area contributed by atoms with Gasteiger partial charge in [0, 0.05) is 0 Å². The largest absolute Gasteiger partial charge is 0.456 e. The quantitative estimate of drug-likeness (QED) is 0.687. The summed E-state index contributed by atoms with van der Waals surface area (Å²) >= 11 is 6.16. The fourth-order valence-corrected chi connectivity index (χ4v) is 2.97. The molecule has 0 radical (unpaired) electrons. The smallest absolute Gasteiger partial charge is 0.146 e. The first-order valence-electron chi connectivity index (χ1n) is 6.86. The molecule has 0 heterocycles.